The predicted molar refractivity (Wildman–Crippen MR) is 51.5 cm³/mol. The fraction of sp³-hybridized carbons (Fsp3) is 0.333. The quantitative estimate of drug-likeness (QED) is 0.804. The first-order chi connectivity index (χ1) is 7.81. The molecule has 0 fully saturated rings. The van der Waals surface area contributed by atoms with Gasteiger partial charge in [-0.3, -0.25) is 0 Å². The van der Waals surface area contributed by atoms with Crippen molar-refractivity contribution in [3.05, 3.63) is 17.3 Å². The van der Waals surface area contributed by atoms with Crippen LogP contribution in [-0.2, 0) is 10.9 Å². The smallest absolute Gasteiger partial charge is 0.421 e. The highest BCUT2D eigenvalue weighted by atomic mass is 19.4. The van der Waals surface area contributed by atoms with Crippen LogP contribution >= 0.6 is 0 Å². The molecule has 0 aliphatic carbocycles. The number of rotatable bonds is 2. The fourth-order valence-corrected chi connectivity index (χ4v) is 1.13. The van der Waals surface area contributed by atoms with Gasteiger partial charge in [0.05, 0.1) is 19.9 Å². The van der Waals surface area contributed by atoms with E-state index in [1.54, 1.807) is 0 Å². The lowest BCUT2D eigenvalue weighted by Gasteiger charge is -2.13. The number of nitrogens with zero attached hydrogens (tertiary/aromatic N) is 1. The van der Waals surface area contributed by atoms with E-state index in [2.05, 4.69) is 14.5 Å². The van der Waals surface area contributed by atoms with Gasteiger partial charge in [0.15, 0.2) is 5.69 Å². The molecule has 0 aliphatic heterocycles. The normalized spacial score (nSPS) is 11.1. The van der Waals surface area contributed by atoms with Crippen molar-refractivity contribution in [2.24, 2.45) is 0 Å². The number of hydrogen-bond acceptors (Lipinski definition) is 5. The lowest BCUT2D eigenvalue weighted by atomic mass is 10.2. The Morgan fingerprint density at radius 1 is 1.41 bits per heavy atom. The molecule has 0 bridgehead atoms. The summed E-state index contributed by atoms with van der Waals surface area (Å²) in [5.74, 6) is -1.67. The van der Waals surface area contributed by atoms with Crippen molar-refractivity contribution >= 4 is 11.7 Å². The van der Waals surface area contributed by atoms with Crippen LogP contribution in [0.3, 0.4) is 0 Å². The van der Waals surface area contributed by atoms with Crippen LogP contribution in [0.25, 0.3) is 0 Å². The van der Waals surface area contributed by atoms with Gasteiger partial charge in [-0.1, -0.05) is 0 Å². The van der Waals surface area contributed by atoms with Crippen molar-refractivity contribution in [1.82, 2.24) is 4.98 Å². The second kappa shape index (κ2) is 4.48. The van der Waals surface area contributed by atoms with Crippen LogP contribution in [0.15, 0.2) is 6.07 Å². The number of alkyl halides is 3. The third-order valence-electron chi connectivity index (χ3n) is 1.89. The maximum Gasteiger partial charge on any atom is 0.421 e. The maximum absolute atomic E-state index is 12.5. The summed E-state index contributed by atoms with van der Waals surface area (Å²) in [6, 6.07) is 0.581. The highest BCUT2D eigenvalue weighted by Crippen LogP contribution is 2.36. The zero-order valence-electron chi connectivity index (χ0n) is 8.96. The minimum atomic E-state index is -4.67. The van der Waals surface area contributed by atoms with Gasteiger partial charge in [0.2, 0.25) is 5.88 Å². The number of esters is 1. The molecule has 1 aromatic heterocycles. The SMILES string of the molecule is COC(=O)c1nc(OC)c(C(F)(F)F)cc1N. The summed E-state index contributed by atoms with van der Waals surface area (Å²) in [6.45, 7) is 0. The van der Waals surface area contributed by atoms with E-state index in [0.717, 1.165) is 14.2 Å². The minimum Gasteiger partial charge on any atom is -0.481 e. The van der Waals surface area contributed by atoms with Crippen LogP contribution in [0.1, 0.15) is 16.1 Å². The molecular formula is C9H9F3N2O3. The standard InChI is InChI=1S/C9H9F3N2O3/c1-16-7-4(9(10,11)12)3-5(13)6(14-7)8(15)17-2/h3H,13H2,1-2H3. The molecule has 94 valence electrons. The van der Waals surface area contributed by atoms with Gasteiger partial charge in [-0.15, -0.1) is 0 Å². The van der Waals surface area contributed by atoms with Crippen molar-refractivity contribution in [3.63, 3.8) is 0 Å². The minimum absolute atomic E-state index is 0.419. The zero-order valence-corrected chi connectivity index (χ0v) is 8.96. The van der Waals surface area contributed by atoms with Gasteiger partial charge in [-0.05, 0) is 6.07 Å². The molecule has 1 rings (SSSR count). The molecule has 0 aromatic carbocycles. The molecular weight excluding hydrogens is 241 g/mol. The van der Waals surface area contributed by atoms with Crippen molar-refractivity contribution < 1.29 is 27.4 Å². The predicted octanol–water partition coefficient (Wildman–Crippen LogP) is 1.48. The van der Waals surface area contributed by atoms with E-state index in [1.807, 2.05) is 0 Å². The zero-order chi connectivity index (χ0) is 13.2. The van der Waals surface area contributed by atoms with E-state index in [9.17, 15) is 18.0 Å². The highest BCUT2D eigenvalue weighted by Gasteiger charge is 2.36. The second-order valence-electron chi connectivity index (χ2n) is 2.97. The largest absolute Gasteiger partial charge is 0.481 e. The molecule has 0 atom stereocenters. The summed E-state index contributed by atoms with van der Waals surface area (Å²) in [5.41, 5.74) is 3.31. The van der Waals surface area contributed by atoms with Crippen molar-refractivity contribution in [3.8, 4) is 5.88 Å². The number of ether oxygens (including phenoxy) is 2. The molecule has 0 radical (unpaired) electrons. The molecule has 1 heterocycles. The number of aromatic nitrogens is 1. The Balaban J connectivity index is 3.40. The van der Waals surface area contributed by atoms with E-state index in [-0.39, 0.29) is 0 Å². The van der Waals surface area contributed by atoms with Crippen LogP contribution in [-0.4, -0.2) is 25.2 Å². The van der Waals surface area contributed by atoms with E-state index in [0.29, 0.717) is 6.07 Å². The number of carbonyl (C=O) groups is 1. The Morgan fingerprint density at radius 3 is 2.41 bits per heavy atom. The lowest BCUT2D eigenvalue weighted by molar-refractivity contribution is -0.139. The Kier molecular flexibility index (Phi) is 3.45. The molecule has 0 saturated heterocycles. The molecule has 8 heteroatoms. The Labute approximate surface area is 94.3 Å². The average molecular weight is 250 g/mol. The molecule has 0 saturated carbocycles. The van der Waals surface area contributed by atoms with Gasteiger partial charge in [0, 0.05) is 0 Å². The lowest BCUT2D eigenvalue weighted by Crippen LogP contribution is -2.15. The number of hydrogen-bond donors (Lipinski definition) is 1. The summed E-state index contributed by atoms with van der Waals surface area (Å²) in [4.78, 5) is 14.5. The summed E-state index contributed by atoms with van der Waals surface area (Å²) < 4.78 is 46.4. The van der Waals surface area contributed by atoms with Crippen LogP contribution in [0.2, 0.25) is 0 Å². The van der Waals surface area contributed by atoms with Gasteiger partial charge in [-0.25, -0.2) is 9.78 Å². The highest BCUT2D eigenvalue weighted by molar-refractivity contribution is 5.93. The van der Waals surface area contributed by atoms with E-state index in [1.165, 1.54) is 0 Å². The van der Waals surface area contributed by atoms with Gasteiger partial charge < -0.3 is 15.2 Å². The van der Waals surface area contributed by atoms with Crippen molar-refractivity contribution in [1.29, 1.82) is 0 Å². The van der Waals surface area contributed by atoms with Gasteiger partial charge in [0.25, 0.3) is 0 Å². The Bertz CT molecular complexity index is 446. The van der Waals surface area contributed by atoms with Gasteiger partial charge >= 0.3 is 12.1 Å². The summed E-state index contributed by atoms with van der Waals surface area (Å²) in [6.07, 6.45) is -4.67. The van der Waals surface area contributed by atoms with E-state index < -0.39 is 35.0 Å². The number of nitrogen functional groups attached to an aromatic ring is 1. The van der Waals surface area contributed by atoms with Gasteiger partial charge in [-0.2, -0.15) is 13.2 Å². The fourth-order valence-electron chi connectivity index (χ4n) is 1.13. The molecule has 1 aromatic rings. The number of carbonyl (C=O) groups excluding carboxylic acids is 1. The maximum atomic E-state index is 12.5. The van der Waals surface area contributed by atoms with Gasteiger partial charge in [0.1, 0.15) is 5.56 Å². The number of methoxy groups -OCH3 is 2. The van der Waals surface area contributed by atoms with Crippen LogP contribution in [0.4, 0.5) is 18.9 Å². The third kappa shape index (κ3) is 2.58. The molecule has 0 aliphatic rings. The molecule has 0 amide bonds. The van der Waals surface area contributed by atoms with E-state index in [4.69, 9.17) is 5.73 Å². The Morgan fingerprint density at radius 2 is 2.00 bits per heavy atom. The second-order valence-corrected chi connectivity index (χ2v) is 2.97. The number of nitrogens with two attached hydrogens (primary N) is 1. The monoisotopic (exact) mass is 250 g/mol. The van der Waals surface area contributed by atoms with Crippen LogP contribution < -0.4 is 10.5 Å². The topological polar surface area (TPSA) is 74.4 Å². The van der Waals surface area contributed by atoms with Crippen LogP contribution in [0, 0.1) is 0 Å². The van der Waals surface area contributed by atoms with Crippen molar-refractivity contribution in [2.45, 2.75) is 6.18 Å². The molecule has 5 nitrogen and oxygen atoms in total. The first kappa shape index (κ1) is 13.1. The molecule has 0 spiro atoms. The average Bonchev–Trinajstić information content (AvgIpc) is 2.26. The first-order valence-electron chi connectivity index (χ1n) is 4.31. The number of halogens is 3. The number of pyridine rings is 1. The van der Waals surface area contributed by atoms with E-state index >= 15 is 0 Å². The summed E-state index contributed by atoms with van der Waals surface area (Å²) in [5, 5.41) is 0. The summed E-state index contributed by atoms with van der Waals surface area (Å²) >= 11 is 0. The van der Waals surface area contributed by atoms with Crippen LogP contribution in [0.5, 0.6) is 5.88 Å². The van der Waals surface area contributed by atoms with Crippen molar-refractivity contribution in [2.75, 3.05) is 20.0 Å². The molecule has 0 unspecified atom stereocenters. The molecule has 17 heavy (non-hydrogen) atoms. The first-order valence-corrected chi connectivity index (χ1v) is 4.31. The molecule has 2 N–H and O–H groups in total. The Hall–Kier alpha value is -1.99. The number of anilines is 1. The third-order valence-corrected chi connectivity index (χ3v) is 1.89. The summed E-state index contributed by atoms with van der Waals surface area (Å²) in [7, 11) is 2.07.